The molecule has 39 heavy (non-hydrogen) atoms. The van der Waals surface area contributed by atoms with Crippen molar-refractivity contribution >= 4 is 27.4 Å². The minimum absolute atomic E-state index is 0. The van der Waals surface area contributed by atoms with Crippen LogP contribution < -0.4 is 0 Å². The van der Waals surface area contributed by atoms with E-state index in [0.29, 0.717) is 5.76 Å². The zero-order valence-corrected chi connectivity index (χ0v) is 27.6. The summed E-state index contributed by atoms with van der Waals surface area (Å²) in [6, 6.07) is 16.5. The maximum absolute atomic E-state index is 11.8. The Morgan fingerprint density at radius 3 is 2.05 bits per heavy atom. The molecular formula is C34H44IrNO2S-. The van der Waals surface area contributed by atoms with Gasteiger partial charge in [0.1, 0.15) is 0 Å². The van der Waals surface area contributed by atoms with Gasteiger partial charge in [0.25, 0.3) is 0 Å². The summed E-state index contributed by atoms with van der Waals surface area (Å²) in [5.41, 5.74) is 5.11. The standard InChI is InChI=1S/C21H24NS.C13H20O2.Ir/c1-20(2,3)15-9-7-8-14(12-15)19-17-11-10-16(21(4,5)6)13-18(17)23-22-19;14-12(10-5-1-2-6-10)9-13(15)11-7-3-4-8-11;/h7,9-13H,1-6H3;9-11,14H,1-8H2;/q-1;;/b;12-9-;. The van der Waals surface area contributed by atoms with Gasteiger partial charge in [-0.1, -0.05) is 79.4 Å². The molecule has 0 spiro atoms. The van der Waals surface area contributed by atoms with Gasteiger partial charge in [0.2, 0.25) is 0 Å². The smallest absolute Gasteiger partial charge is 0.162 e. The second-order valence-corrected chi connectivity index (χ2v) is 14.0. The third-order valence-corrected chi connectivity index (χ3v) is 8.89. The largest absolute Gasteiger partial charge is 0.512 e. The molecule has 2 fully saturated rings. The molecule has 2 saturated carbocycles. The van der Waals surface area contributed by atoms with E-state index in [1.165, 1.54) is 53.0 Å². The van der Waals surface area contributed by atoms with E-state index in [2.05, 4.69) is 77.9 Å². The Labute approximate surface area is 253 Å². The zero-order valence-electron chi connectivity index (χ0n) is 24.4. The van der Waals surface area contributed by atoms with Crippen LogP contribution in [-0.4, -0.2) is 15.3 Å². The average Bonchev–Trinajstić information content (AvgIpc) is 3.65. The number of fused-ring (bicyclic) bond motifs is 1. The first-order valence-corrected chi connectivity index (χ1v) is 15.1. The van der Waals surface area contributed by atoms with Gasteiger partial charge in [-0.25, -0.2) is 4.37 Å². The number of aliphatic hydroxyl groups is 1. The number of aromatic nitrogens is 1. The summed E-state index contributed by atoms with van der Waals surface area (Å²) >= 11 is 1.58. The third kappa shape index (κ3) is 8.12. The van der Waals surface area contributed by atoms with Crippen LogP contribution in [0.3, 0.4) is 0 Å². The fraction of sp³-hybridized carbons (Fsp3) is 0.529. The number of aliphatic hydroxyl groups excluding tert-OH is 1. The van der Waals surface area contributed by atoms with Gasteiger partial charge in [-0.05, 0) is 65.1 Å². The molecule has 0 bridgehead atoms. The number of benzene rings is 2. The van der Waals surface area contributed by atoms with Crippen molar-refractivity contribution in [3.05, 3.63) is 65.4 Å². The summed E-state index contributed by atoms with van der Waals surface area (Å²) in [6.45, 7) is 13.5. The first kappa shape index (κ1) is 31.7. The van der Waals surface area contributed by atoms with Gasteiger partial charge in [-0.3, -0.25) is 4.79 Å². The van der Waals surface area contributed by atoms with Crippen molar-refractivity contribution in [2.24, 2.45) is 11.8 Å². The molecule has 2 aliphatic carbocycles. The average molecular weight is 723 g/mol. The molecule has 3 nitrogen and oxygen atoms in total. The molecule has 0 amide bonds. The van der Waals surface area contributed by atoms with E-state index in [-0.39, 0.29) is 48.6 Å². The Balaban J connectivity index is 0.000000228. The summed E-state index contributed by atoms with van der Waals surface area (Å²) in [5, 5.41) is 11.0. The van der Waals surface area contributed by atoms with Crippen molar-refractivity contribution in [3.8, 4) is 11.3 Å². The molecule has 0 saturated heterocycles. The number of carbonyl (C=O) groups is 1. The maximum Gasteiger partial charge on any atom is 0.162 e. The van der Waals surface area contributed by atoms with Crippen molar-refractivity contribution in [1.82, 2.24) is 4.37 Å². The molecule has 0 atom stereocenters. The Morgan fingerprint density at radius 1 is 0.897 bits per heavy atom. The molecule has 1 aromatic heterocycles. The van der Waals surface area contributed by atoms with E-state index in [4.69, 9.17) is 4.37 Å². The second-order valence-electron chi connectivity index (χ2n) is 13.2. The van der Waals surface area contributed by atoms with Crippen molar-refractivity contribution in [3.63, 3.8) is 0 Å². The summed E-state index contributed by atoms with van der Waals surface area (Å²) in [7, 11) is 0. The Bertz CT molecular complexity index is 1280. The predicted octanol–water partition coefficient (Wildman–Crippen LogP) is 9.73. The number of nitrogens with zero attached hydrogens (tertiary/aromatic N) is 1. The number of hydrogen-bond acceptors (Lipinski definition) is 4. The maximum atomic E-state index is 11.8. The molecule has 0 aliphatic heterocycles. The molecule has 2 aliphatic rings. The first-order chi connectivity index (χ1) is 17.9. The van der Waals surface area contributed by atoms with Gasteiger partial charge >= 0.3 is 0 Å². The van der Waals surface area contributed by atoms with Crippen LogP contribution in [0.4, 0.5) is 0 Å². The van der Waals surface area contributed by atoms with Crippen LogP contribution in [0.5, 0.6) is 0 Å². The minimum Gasteiger partial charge on any atom is -0.512 e. The van der Waals surface area contributed by atoms with E-state index in [0.717, 1.165) is 36.9 Å². The van der Waals surface area contributed by atoms with Crippen LogP contribution in [0.15, 0.2) is 48.2 Å². The fourth-order valence-electron chi connectivity index (χ4n) is 5.48. The fourth-order valence-corrected chi connectivity index (χ4v) is 6.31. The molecule has 0 unspecified atom stereocenters. The Morgan fingerprint density at radius 2 is 1.46 bits per heavy atom. The van der Waals surface area contributed by atoms with Gasteiger partial charge in [-0.2, -0.15) is 0 Å². The molecule has 5 rings (SSSR count). The van der Waals surface area contributed by atoms with Crippen molar-refractivity contribution in [2.45, 2.75) is 104 Å². The summed E-state index contributed by atoms with van der Waals surface area (Å²) < 4.78 is 5.97. The quantitative estimate of drug-likeness (QED) is 0.166. The second kappa shape index (κ2) is 13.2. The summed E-state index contributed by atoms with van der Waals surface area (Å²) in [6.07, 6.45) is 10.4. The molecule has 1 N–H and O–H groups in total. The molecule has 3 aromatic rings. The number of carbonyl (C=O) groups excluding carboxylic acids is 1. The predicted molar refractivity (Wildman–Crippen MR) is 161 cm³/mol. The van der Waals surface area contributed by atoms with Gasteiger partial charge in [0, 0.05) is 48.4 Å². The number of rotatable bonds is 4. The van der Waals surface area contributed by atoms with Gasteiger partial charge in [0.05, 0.1) is 5.76 Å². The molecule has 1 radical (unpaired) electrons. The third-order valence-electron chi connectivity index (χ3n) is 8.08. The van der Waals surface area contributed by atoms with Crippen molar-refractivity contribution < 1.29 is 30.0 Å². The van der Waals surface area contributed by atoms with E-state index in [1.54, 1.807) is 11.5 Å². The molecule has 2 aromatic carbocycles. The normalized spacial score (nSPS) is 17.1. The van der Waals surface area contributed by atoms with Crippen LogP contribution in [0.25, 0.3) is 21.3 Å². The van der Waals surface area contributed by atoms with E-state index >= 15 is 0 Å². The molecular weight excluding hydrogens is 679 g/mol. The number of hydrogen-bond donors (Lipinski definition) is 1. The number of allylic oxidation sites excluding steroid dienone is 2. The van der Waals surface area contributed by atoms with Crippen LogP contribution in [0.1, 0.15) is 104 Å². The zero-order chi connectivity index (χ0) is 27.5. The topological polar surface area (TPSA) is 50.2 Å². The van der Waals surface area contributed by atoms with Crippen LogP contribution in [0.2, 0.25) is 0 Å². The number of ketones is 1. The van der Waals surface area contributed by atoms with Gasteiger partial charge in [-0.15, -0.1) is 35.4 Å². The Hall–Kier alpha value is -1.81. The minimum atomic E-state index is 0. The van der Waals surface area contributed by atoms with Crippen molar-refractivity contribution in [1.29, 1.82) is 0 Å². The van der Waals surface area contributed by atoms with Gasteiger partial charge < -0.3 is 5.11 Å². The summed E-state index contributed by atoms with van der Waals surface area (Å²) in [5.74, 6) is 0.991. The molecule has 213 valence electrons. The molecule has 1 heterocycles. The SMILES string of the molecule is CC(C)(C)c1cc[c-]c(-c2nsc3cc(C(C)(C)C)ccc23)c1.O=C(/C=C(\O)C1CCCC1)C1CCCC1.[Ir]. The van der Waals surface area contributed by atoms with Crippen LogP contribution in [-0.2, 0) is 35.7 Å². The van der Waals surface area contributed by atoms with E-state index < -0.39 is 0 Å². The van der Waals surface area contributed by atoms with E-state index in [9.17, 15) is 9.90 Å². The van der Waals surface area contributed by atoms with Crippen LogP contribution in [0, 0.1) is 17.9 Å². The first-order valence-electron chi connectivity index (χ1n) is 14.3. The molecule has 5 heteroatoms. The summed E-state index contributed by atoms with van der Waals surface area (Å²) in [4.78, 5) is 11.8. The van der Waals surface area contributed by atoms with Crippen molar-refractivity contribution in [2.75, 3.05) is 0 Å². The monoisotopic (exact) mass is 723 g/mol. The van der Waals surface area contributed by atoms with Crippen LogP contribution >= 0.6 is 11.5 Å². The Kier molecular flexibility index (Phi) is 10.8. The van der Waals surface area contributed by atoms with Gasteiger partial charge in [0.15, 0.2) is 5.78 Å². The van der Waals surface area contributed by atoms with E-state index in [1.807, 2.05) is 6.07 Å².